The van der Waals surface area contributed by atoms with E-state index in [0.29, 0.717) is 6.42 Å². The molecule has 1 fully saturated rings. The van der Waals surface area contributed by atoms with Crippen LogP contribution in [-0.2, 0) is 4.79 Å². The van der Waals surface area contributed by atoms with Crippen molar-refractivity contribution in [3.63, 3.8) is 0 Å². The molecule has 0 spiro atoms. The maximum Gasteiger partial charge on any atom is 0.320 e. The molecule has 0 aliphatic carbocycles. The Morgan fingerprint density at radius 3 is 2.74 bits per heavy atom. The first-order chi connectivity index (χ1) is 11.1. The van der Waals surface area contributed by atoms with Crippen LogP contribution in [0.3, 0.4) is 0 Å². The minimum Gasteiger partial charge on any atom is -0.480 e. The lowest BCUT2D eigenvalue weighted by molar-refractivity contribution is -0.145. The van der Waals surface area contributed by atoms with Gasteiger partial charge in [0.2, 0.25) is 0 Å². The second-order valence-electron chi connectivity index (χ2n) is 5.65. The Kier molecular flexibility index (Phi) is 5.42. The first-order valence-electron chi connectivity index (χ1n) is 7.56. The van der Waals surface area contributed by atoms with Crippen molar-refractivity contribution in [1.29, 1.82) is 0 Å². The number of carbonyl (C=O) groups is 1. The van der Waals surface area contributed by atoms with E-state index in [2.05, 4.69) is 26.9 Å². The van der Waals surface area contributed by atoms with E-state index in [9.17, 15) is 9.90 Å². The van der Waals surface area contributed by atoms with Gasteiger partial charge in [-0.15, -0.1) is 11.3 Å². The predicted octanol–water partition coefficient (Wildman–Crippen LogP) is 5.19. The van der Waals surface area contributed by atoms with Crippen molar-refractivity contribution in [1.82, 2.24) is 4.90 Å². The standard InChI is InChI=1S/C17H17BrClNO2S/c18-12-6-2-1-5-11(12)16(14-8-9-15(19)23-14)20-10-4-3-7-13(20)17(21)22/h1-2,5-6,8-9,13,16H,3-4,7,10H2,(H,21,22). The monoisotopic (exact) mass is 413 g/mol. The van der Waals surface area contributed by atoms with Gasteiger partial charge < -0.3 is 5.11 Å². The number of carboxylic acid groups (broad SMARTS) is 1. The van der Waals surface area contributed by atoms with E-state index >= 15 is 0 Å². The van der Waals surface area contributed by atoms with Crippen molar-refractivity contribution in [2.75, 3.05) is 6.54 Å². The molecule has 1 aliphatic heterocycles. The minimum atomic E-state index is -0.746. The van der Waals surface area contributed by atoms with Crippen LogP contribution >= 0.6 is 38.9 Å². The van der Waals surface area contributed by atoms with Gasteiger partial charge in [0.1, 0.15) is 6.04 Å². The molecule has 0 amide bonds. The van der Waals surface area contributed by atoms with E-state index < -0.39 is 12.0 Å². The lowest BCUT2D eigenvalue weighted by Crippen LogP contribution is -2.46. The Morgan fingerprint density at radius 1 is 1.30 bits per heavy atom. The van der Waals surface area contributed by atoms with E-state index in [1.54, 1.807) is 0 Å². The molecule has 1 aliphatic rings. The van der Waals surface area contributed by atoms with Gasteiger partial charge in [0.25, 0.3) is 0 Å². The molecule has 0 radical (unpaired) electrons. The molecule has 3 rings (SSSR count). The van der Waals surface area contributed by atoms with Crippen LogP contribution in [0.5, 0.6) is 0 Å². The minimum absolute atomic E-state index is 0.0931. The number of rotatable bonds is 4. The van der Waals surface area contributed by atoms with Crippen LogP contribution in [0.15, 0.2) is 40.9 Å². The smallest absolute Gasteiger partial charge is 0.320 e. The summed E-state index contributed by atoms with van der Waals surface area (Å²) in [6.45, 7) is 0.776. The fourth-order valence-corrected chi connectivity index (χ4v) is 4.90. The molecular weight excluding hydrogens is 398 g/mol. The summed E-state index contributed by atoms with van der Waals surface area (Å²) in [6, 6.07) is 11.3. The summed E-state index contributed by atoms with van der Waals surface area (Å²) < 4.78 is 1.71. The normalized spacial score (nSPS) is 20.3. The molecule has 3 nitrogen and oxygen atoms in total. The summed E-state index contributed by atoms with van der Waals surface area (Å²) in [6.07, 6.45) is 2.67. The third-order valence-corrected chi connectivity index (χ3v) is 6.23. The number of halogens is 2. The molecule has 6 heteroatoms. The van der Waals surface area contributed by atoms with Crippen LogP contribution < -0.4 is 0 Å². The highest BCUT2D eigenvalue weighted by molar-refractivity contribution is 9.10. The number of thiophene rings is 1. The highest BCUT2D eigenvalue weighted by atomic mass is 79.9. The Bertz CT molecular complexity index is 705. The lowest BCUT2D eigenvalue weighted by atomic mass is 9.95. The number of benzene rings is 1. The Balaban J connectivity index is 2.08. The van der Waals surface area contributed by atoms with Crippen molar-refractivity contribution in [2.24, 2.45) is 0 Å². The van der Waals surface area contributed by atoms with Crippen LogP contribution in [0.2, 0.25) is 4.34 Å². The van der Waals surface area contributed by atoms with Crippen LogP contribution in [0, 0.1) is 0 Å². The summed E-state index contributed by atoms with van der Waals surface area (Å²) >= 11 is 11.3. The first kappa shape index (κ1) is 17.0. The molecule has 23 heavy (non-hydrogen) atoms. The van der Waals surface area contributed by atoms with Gasteiger partial charge in [-0.2, -0.15) is 0 Å². The molecule has 0 saturated carbocycles. The number of likely N-dealkylation sites (tertiary alicyclic amines) is 1. The van der Waals surface area contributed by atoms with Crippen molar-refractivity contribution in [2.45, 2.75) is 31.3 Å². The van der Waals surface area contributed by atoms with Gasteiger partial charge in [0.05, 0.1) is 10.4 Å². The summed E-state index contributed by atoms with van der Waals surface area (Å²) in [4.78, 5) is 14.9. The van der Waals surface area contributed by atoms with Gasteiger partial charge in [0, 0.05) is 9.35 Å². The van der Waals surface area contributed by atoms with E-state index in [1.807, 2.05) is 30.3 Å². The van der Waals surface area contributed by atoms with Crippen LogP contribution in [0.25, 0.3) is 0 Å². The quantitative estimate of drug-likeness (QED) is 0.748. The second kappa shape index (κ2) is 7.34. The average molecular weight is 415 g/mol. The van der Waals surface area contributed by atoms with E-state index in [1.165, 1.54) is 11.3 Å². The lowest BCUT2D eigenvalue weighted by Gasteiger charge is -2.39. The van der Waals surface area contributed by atoms with Crippen LogP contribution in [-0.4, -0.2) is 28.6 Å². The number of carboxylic acids is 1. The zero-order valence-corrected chi connectivity index (χ0v) is 15.6. The summed E-state index contributed by atoms with van der Waals surface area (Å²) in [7, 11) is 0. The summed E-state index contributed by atoms with van der Waals surface area (Å²) in [5.41, 5.74) is 1.08. The average Bonchev–Trinajstić information content (AvgIpc) is 2.96. The molecule has 1 aromatic carbocycles. The molecule has 1 N–H and O–H groups in total. The van der Waals surface area contributed by atoms with Crippen molar-refractivity contribution >= 4 is 44.8 Å². The molecule has 122 valence electrons. The molecule has 1 saturated heterocycles. The van der Waals surface area contributed by atoms with Crippen LogP contribution in [0.1, 0.15) is 35.7 Å². The third-order valence-electron chi connectivity index (χ3n) is 4.22. The maximum absolute atomic E-state index is 11.7. The highest BCUT2D eigenvalue weighted by Crippen LogP contribution is 2.40. The third kappa shape index (κ3) is 3.63. The maximum atomic E-state index is 11.7. The summed E-state index contributed by atoms with van der Waals surface area (Å²) in [5, 5.41) is 9.65. The van der Waals surface area contributed by atoms with E-state index in [4.69, 9.17) is 11.6 Å². The number of aliphatic carboxylic acids is 1. The highest BCUT2D eigenvalue weighted by Gasteiger charge is 2.36. The Hall–Kier alpha value is -0.880. The zero-order chi connectivity index (χ0) is 16.4. The largest absolute Gasteiger partial charge is 0.480 e. The van der Waals surface area contributed by atoms with E-state index in [-0.39, 0.29) is 6.04 Å². The predicted molar refractivity (Wildman–Crippen MR) is 97.3 cm³/mol. The summed E-state index contributed by atoms with van der Waals surface area (Å²) in [5.74, 6) is -0.746. The van der Waals surface area contributed by atoms with E-state index in [0.717, 1.165) is 38.6 Å². The first-order valence-corrected chi connectivity index (χ1v) is 9.55. The molecule has 2 heterocycles. The zero-order valence-electron chi connectivity index (χ0n) is 12.4. The Labute approximate surface area is 153 Å². The van der Waals surface area contributed by atoms with Crippen LogP contribution in [0.4, 0.5) is 0 Å². The molecule has 1 aromatic heterocycles. The number of piperidine rings is 1. The number of nitrogens with zero attached hydrogens (tertiary/aromatic N) is 1. The number of hydrogen-bond acceptors (Lipinski definition) is 3. The van der Waals surface area contributed by atoms with Gasteiger partial charge in [-0.05, 0) is 43.1 Å². The van der Waals surface area contributed by atoms with Crippen molar-refractivity contribution < 1.29 is 9.90 Å². The van der Waals surface area contributed by atoms with Gasteiger partial charge >= 0.3 is 5.97 Å². The van der Waals surface area contributed by atoms with Gasteiger partial charge in [-0.1, -0.05) is 52.2 Å². The molecule has 2 atom stereocenters. The molecule has 0 bridgehead atoms. The van der Waals surface area contributed by atoms with Crippen molar-refractivity contribution in [3.05, 3.63) is 55.6 Å². The van der Waals surface area contributed by atoms with Gasteiger partial charge in [-0.3, -0.25) is 9.69 Å². The van der Waals surface area contributed by atoms with Gasteiger partial charge in [-0.25, -0.2) is 0 Å². The van der Waals surface area contributed by atoms with Gasteiger partial charge in [0.15, 0.2) is 0 Å². The van der Waals surface area contributed by atoms with Crippen molar-refractivity contribution in [3.8, 4) is 0 Å². The molecular formula is C17H17BrClNO2S. The number of hydrogen-bond donors (Lipinski definition) is 1. The molecule has 2 unspecified atom stereocenters. The SMILES string of the molecule is O=C(O)C1CCCCN1C(c1ccc(Cl)s1)c1ccccc1Br. The second-order valence-corrected chi connectivity index (χ2v) is 8.25. The topological polar surface area (TPSA) is 40.5 Å². The molecule has 2 aromatic rings. The fraction of sp³-hybridized carbons (Fsp3) is 0.353. The Morgan fingerprint density at radius 2 is 2.09 bits per heavy atom. The fourth-order valence-electron chi connectivity index (χ4n) is 3.20.